The van der Waals surface area contributed by atoms with Crippen LogP contribution >= 0.6 is 0 Å². The zero-order chi connectivity index (χ0) is 10.4. The van der Waals surface area contributed by atoms with Crippen LogP contribution in [0, 0.1) is 18.3 Å². The maximum atomic E-state index is 8.90. The van der Waals surface area contributed by atoms with E-state index >= 15 is 0 Å². The van der Waals surface area contributed by atoms with E-state index in [9.17, 15) is 0 Å². The number of nitriles is 1. The highest BCUT2D eigenvalue weighted by Gasteiger charge is 2.04. The van der Waals surface area contributed by atoms with Crippen molar-refractivity contribution in [3.63, 3.8) is 0 Å². The molecule has 0 aliphatic heterocycles. The van der Waals surface area contributed by atoms with Gasteiger partial charge in [0.2, 0.25) is 0 Å². The number of nitrogens with zero attached hydrogens (tertiary/aromatic N) is 2. The summed E-state index contributed by atoms with van der Waals surface area (Å²) in [6, 6.07) is 3.96. The highest BCUT2D eigenvalue weighted by Crippen LogP contribution is 2.14. The Labute approximate surface area is 83.8 Å². The van der Waals surface area contributed by atoms with E-state index in [0.29, 0.717) is 17.9 Å². The number of rotatable bonds is 4. The number of hydrogen-bond acceptors (Lipinski definition) is 4. The van der Waals surface area contributed by atoms with Crippen molar-refractivity contribution in [3.05, 3.63) is 23.4 Å². The number of nitrogens with two attached hydrogens (primary N) is 1. The molecule has 0 atom stereocenters. The Kier molecular flexibility index (Phi) is 3.89. The van der Waals surface area contributed by atoms with E-state index in [1.807, 2.05) is 13.0 Å². The van der Waals surface area contributed by atoms with E-state index in [0.717, 1.165) is 18.5 Å². The minimum absolute atomic E-state index is 0.615. The van der Waals surface area contributed by atoms with Crippen LogP contribution in [-0.4, -0.2) is 18.1 Å². The normalized spacial score (nSPS) is 9.50. The van der Waals surface area contributed by atoms with E-state index in [1.165, 1.54) is 0 Å². The molecule has 0 unspecified atom stereocenters. The molecule has 14 heavy (non-hydrogen) atoms. The lowest BCUT2D eigenvalue weighted by Gasteiger charge is -2.07. The summed E-state index contributed by atoms with van der Waals surface area (Å²) in [6.45, 7) is 3.29. The van der Waals surface area contributed by atoms with Crippen LogP contribution in [0.25, 0.3) is 0 Å². The van der Waals surface area contributed by atoms with E-state index in [-0.39, 0.29) is 0 Å². The molecule has 1 aromatic heterocycles. The largest absolute Gasteiger partial charge is 0.369 e. The second kappa shape index (κ2) is 5.20. The van der Waals surface area contributed by atoms with Gasteiger partial charge in [-0.05, 0) is 31.5 Å². The van der Waals surface area contributed by atoms with Crippen LogP contribution < -0.4 is 11.1 Å². The van der Waals surface area contributed by atoms with Gasteiger partial charge in [0.25, 0.3) is 0 Å². The van der Waals surface area contributed by atoms with Crippen molar-refractivity contribution in [2.45, 2.75) is 13.3 Å². The fourth-order valence-corrected chi connectivity index (χ4v) is 1.14. The number of aryl methyl sites for hydroxylation is 1. The lowest BCUT2D eigenvalue weighted by atomic mass is 10.1. The van der Waals surface area contributed by atoms with Gasteiger partial charge < -0.3 is 11.1 Å². The van der Waals surface area contributed by atoms with Crippen LogP contribution in [0.3, 0.4) is 0 Å². The summed E-state index contributed by atoms with van der Waals surface area (Å²) in [5.41, 5.74) is 6.93. The van der Waals surface area contributed by atoms with Crippen LogP contribution in [0.5, 0.6) is 0 Å². The molecule has 0 aromatic carbocycles. The summed E-state index contributed by atoms with van der Waals surface area (Å²) in [4.78, 5) is 4.11. The molecule has 0 bridgehead atoms. The molecular formula is C10H14N4. The van der Waals surface area contributed by atoms with Gasteiger partial charge in [0.05, 0.1) is 5.56 Å². The molecule has 4 heteroatoms. The van der Waals surface area contributed by atoms with Crippen LogP contribution in [0.2, 0.25) is 0 Å². The van der Waals surface area contributed by atoms with Gasteiger partial charge in [0.15, 0.2) is 0 Å². The van der Waals surface area contributed by atoms with Crippen molar-refractivity contribution in [1.29, 1.82) is 5.26 Å². The first kappa shape index (κ1) is 10.5. The summed E-state index contributed by atoms with van der Waals surface area (Å²) in [7, 11) is 0. The SMILES string of the molecule is Cc1ccnc(NCCCN)c1C#N. The van der Waals surface area contributed by atoms with Gasteiger partial charge in [-0.3, -0.25) is 0 Å². The van der Waals surface area contributed by atoms with Crippen molar-refractivity contribution >= 4 is 5.82 Å². The zero-order valence-corrected chi connectivity index (χ0v) is 8.25. The molecule has 74 valence electrons. The number of anilines is 1. The quantitative estimate of drug-likeness (QED) is 0.695. The number of nitrogens with one attached hydrogen (secondary N) is 1. The lowest BCUT2D eigenvalue weighted by Crippen LogP contribution is -2.10. The van der Waals surface area contributed by atoms with Gasteiger partial charge in [-0.15, -0.1) is 0 Å². The summed E-state index contributed by atoms with van der Waals surface area (Å²) in [6.07, 6.45) is 2.57. The highest BCUT2D eigenvalue weighted by molar-refractivity contribution is 5.55. The fraction of sp³-hybridized carbons (Fsp3) is 0.400. The highest BCUT2D eigenvalue weighted by atomic mass is 15.0. The molecule has 1 heterocycles. The van der Waals surface area contributed by atoms with Crippen molar-refractivity contribution in [2.24, 2.45) is 5.73 Å². The molecule has 3 N–H and O–H groups in total. The van der Waals surface area contributed by atoms with E-state index < -0.39 is 0 Å². The third-order valence-electron chi connectivity index (χ3n) is 1.94. The summed E-state index contributed by atoms with van der Waals surface area (Å²) >= 11 is 0. The van der Waals surface area contributed by atoms with Crippen molar-refractivity contribution in [3.8, 4) is 6.07 Å². The zero-order valence-electron chi connectivity index (χ0n) is 8.25. The predicted molar refractivity (Wildman–Crippen MR) is 55.9 cm³/mol. The maximum Gasteiger partial charge on any atom is 0.144 e. The van der Waals surface area contributed by atoms with Crippen LogP contribution in [0.1, 0.15) is 17.5 Å². The molecule has 0 aliphatic rings. The molecule has 0 amide bonds. The second-order valence-corrected chi connectivity index (χ2v) is 3.03. The van der Waals surface area contributed by atoms with Crippen LogP contribution in [0.4, 0.5) is 5.82 Å². The molecule has 0 saturated heterocycles. The van der Waals surface area contributed by atoms with E-state index in [4.69, 9.17) is 11.0 Å². The molecule has 4 nitrogen and oxygen atoms in total. The van der Waals surface area contributed by atoms with Gasteiger partial charge in [-0.2, -0.15) is 5.26 Å². The Morgan fingerprint density at radius 3 is 3.07 bits per heavy atom. The minimum Gasteiger partial charge on any atom is -0.369 e. The number of aromatic nitrogens is 1. The summed E-state index contributed by atoms with van der Waals surface area (Å²) < 4.78 is 0. The molecule has 0 aliphatic carbocycles. The Hall–Kier alpha value is -1.60. The Morgan fingerprint density at radius 2 is 2.43 bits per heavy atom. The first-order valence-corrected chi connectivity index (χ1v) is 4.59. The van der Waals surface area contributed by atoms with Crippen LogP contribution in [0.15, 0.2) is 12.3 Å². The smallest absolute Gasteiger partial charge is 0.144 e. The van der Waals surface area contributed by atoms with Gasteiger partial charge >= 0.3 is 0 Å². The van der Waals surface area contributed by atoms with Gasteiger partial charge in [-0.1, -0.05) is 0 Å². The Bertz CT molecular complexity index is 340. The molecule has 0 spiro atoms. The van der Waals surface area contributed by atoms with Crippen molar-refractivity contribution in [1.82, 2.24) is 4.98 Å². The Morgan fingerprint density at radius 1 is 1.64 bits per heavy atom. The number of hydrogen-bond donors (Lipinski definition) is 2. The monoisotopic (exact) mass is 190 g/mol. The predicted octanol–water partition coefficient (Wildman–Crippen LogP) is 1.02. The molecule has 1 aromatic rings. The van der Waals surface area contributed by atoms with Crippen LogP contribution in [-0.2, 0) is 0 Å². The van der Waals surface area contributed by atoms with Crippen molar-refractivity contribution in [2.75, 3.05) is 18.4 Å². The second-order valence-electron chi connectivity index (χ2n) is 3.03. The van der Waals surface area contributed by atoms with Gasteiger partial charge in [-0.25, -0.2) is 4.98 Å². The third kappa shape index (κ3) is 2.44. The molecule has 1 rings (SSSR count). The standard InChI is InChI=1S/C10H14N4/c1-8-3-6-14-10(9(8)7-12)13-5-2-4-11/h3,6H,2,4-5,11H2,1H3,(H,13,14). The first-order chi connectivity index (χ1) is 6.79. The molecule has 0 radical (unpaired) electrons. The van der Waals surface area contributed by atoms with Crippen molar-refractivity contribution < 1.29 is 0 Å². The van der Waals surface area contributed by atoms with Gasteiger partial charge in [0.1, 0.15) is 11.9 Å². The summed E-state index contributed by atoms with van der Waals surface area (Å²) in [5.74, 6) is 0.654. The van der Waals surface area contributed by atoms with Gasteiger partial charge in [0, 0.05) is 12.7 Å². The van der Waals surface area contributed by atoms with E-state index in [2.05, 4.69) is 16.4 Å². The fourth-order valence-electron chi connectivity index (χ4n) is 1.14. The molecule has 0 saturated carbocycles. The topological polar surface area (TPSA) is 74.7 Å². The lowest BCUT2D eigenvalue weighted by molar-refractivity contribution is 0.869. The average Bonchev–Trinajstić information content (AvgIpc) is 2.18. The molecule has 0 fully saturated rings. The molecular weight excluding hydrogens is 176 g/mol. The first-order valence-electron chi connectivity index (χ1n) is 4.59. The van der Waals surface area contributed by atoms with E-state index in [1.54, 1.807) is 6.20 Å². The Balaban J connectivity index is 2.76. The summed E-state index contributed by atoms with van der Waals surface area (Å²) in [5, 5.41) is 12.0. The maximum absolute atomic E-state index is 8.90. The number of pyridine rings is 1. The minimum atomic E-state index is 0.615. The third-order valence-corrected chi connectivity index (χ3v) is 1.94. The average molecular weight is 190 g/mol.